The molecule has 3 heteroatoms. The van der Waals surface area contributed by atoms with Gasteiger partial charge in [0.1, 0.15) is 0 Å². The molecule has 1 aliphatic carbocycles. The molecule has 1 saturated carbocycles. The normalized spacial score (nSPS) is 19.3. The number of carbonyl (C=O) groups excluding carboxylic acids is 1. The zero-order chi connectivity index (χ0) is 10.9. The number of ether oxygens (including phenoxy) is 1. The number of nitrogens with two attached hydrogens (primary N) is 1. The third-order valence-electron chi connectivity index (χ3n) is 3.23. The number of esters is 1. The molecule has 15 heavy (non-hydrogen) atoms. The van der Waals surface area contributed by atoms with E-state index in [9.17, 15) is 4.79 Å². The van der Waals surface area contributed by atoms with Crippen LogP contribution >= 0.6 is 0 Å². The van der Waals surface area contributed by atoms with Gasteiger partial charge in [0, 0.05) is 0 Å². The molecule has 3 nitrogen and oxygen atoms in total. The Morgan fingerprint density at radius 3 is 2.40 bits per heavy atom. The molecule has 0 saturated heterocycles. The van der Waals surface area contributed by atoms with Gasteiger partial charge in [0.05, 0.1) is 26.1 Å². The minimum Gasteiger partial charge on any atom is -0.469 e. The Kier molecular flexibility index (Phi) is 6.41. The van der Waals surface area contributed by atoms with Crippen LogP contribution in [0.15, 0.2) is 0 Å². The summed E-state index contributed by atoms with van der Waals surface area (Å²) in [6.07, 6.45) is 10.1. The van der Waals surface area contributed by atoms with Crippen LogP contribution in [0.3, 0.4) is 0 Å². The van der Waals surface area contributed by atoms with E-state index in [-0.39, 0.29) is 5.97 Å². The molecule has 0 heterocycles. The van der Waals surface area contributed by atoms with Crippen LogP contribution in [0.2, 0.25) is 0 Å². The molecule has 0 amide bonds. The second-order valence-corrected chi connectivity index (χ2v) is 4.46. The molecule has 0 radical (unpaired) electrons. The Balaban J connectivity index is 2.09. The number of quaternary nitrogens is 1. The second kappa shape index (κ2) is 7.69. The topological polar surface area (TPSA) is 42.9 Å². The van der Waals surface area contributed by atoms with Gasteiger partial charge in [0.2, 0.25) is 0 Å². The predicted molar refractivity (Wildman–Crippen MR) is 59.5 cm³/mol. The van der Waals surface area contributed by atoms with E-state index in [1.54, 1.807) is 0 Å². The Labute approximate surface area is 92.6 Å². The van der Waals surface area contributed by atoms with E-state index in [2.05, 4.69) is 10.1 Å². The van der Waals surface area contributed by atoms with Crippen molar-refractivity contribution in [3.63, 3.8) is 0 Å². The van der Waals surface area contributed by atoms with Gasteiger partial charge in [0.25, 0.3) is 0 Å². The Hall–Kier alpha value is -0.570. The van der Waals surface area contributed by atoms with E-state index < -0.39 is 0 Å². The zero-order valence-electron chi connectivity index (χ0n) is 9.84. The van der Waals surface area contributed by atoms with Gasteiger partial charge in [-0.15, -0.1) is 0 Å². The number of methoxy groups -OCH3 is 1. The van der Waals surface area contributed by atoms with Crippen molar-refractivity contribution in [2.24, 2.45) is 0 Å². The molecular weight excluding hydrogens is 190 g/mol. The Morgan fingerprint density at radius 1 is 1.20 bits per heavy atom. The molecule has 0 aromatic rings. The predicted octanol–water partition coefficient (Wildman–Crippen LogP) is 1.23. The second-order valence-electron chi connectivity index (χ2n) is 4.46. The lowest BCUT2D eigenvalue weighted by Gasteiger charge is -2.17. The summed E-state index contributed by atoms with van der Waals surface area (Å²) < 4.78 is 4.63. The first kappa shape index (κ1) is 12.5. The SMILES string of the molecule is COC(=O)CC[NH2+]C1CCCCCCC1. The van der Waals surface area contributed by atoms with Crippen molar-refractivity contribution < 1.29 is 14.8 Å². The maximum Gasteiger partial charge on any atom is 0.311 e. The summed E-state index contributed by atoms with van der Waals surface area (Å²) in [5, 5.41) is 2.34. The van der Waals surface area contributed by atoms with Crippen LogP contribution in [0.25, 0.3) is 0 Å². The highest BCUT2D eigenvalue weighted by atomic mass is 16.5. The van der Waals surface area contributed by atoms with E-state index in [1.165, 1.54) is 52.1 Å². The van der Waals surface area contributed by atoms with Crippen molar-refractivity contribution in [2.75, 3.05) is 13.7 Å². The standard InChI is InChI=1S/C12H23NO2/c1-15-12(14)9-10-13-11-7-5-3-2-4-6-8-11/h11,13H,2-10H2,1H3/p+1. The van der Waals surface area contributed by atoms with Gasteiger partial charge < -0.3 is 10.1 Å². The van der Waals surface area contributed by atoms with Crippen LogP contribution in [-0.2, 0) is 9.53 Å². The van der Waals surface area contributed by atoms with Gasteiger partial charge in [-0.3, -0.25) is 4.79 Å². The van der Waals surface area contributed by atoms with Crippen molar-refractivity contribution in [1.29, 1.82) is 0 Å². The molecule has 0 aromatic carbocycles. The first-order valence-corrected chi connectivity index (χ1v) is 6.23. The minimum absolute atomic E-state index is 0.0860. The average molecular weight is 214 g/mol. The summed E-state index contributed by atoms with van der Waals surface area (Å²) in [6.45, 7) is 0.886. The highest BCUT2D eigenvalue weighted by molar-refractivity contribution is 5.69. The number of rotatable bonds is 4. The van der Waals surface area contributed by atoms with Crippen LogP contribution in [0.4, 0.5) is 0 Å². The van der Waals surface area contributed by atoms with Crippen LogP contribution in [0, 0.1) is 0 Å². The summed E-state index contributed by atoms with van der Waals surface area (Å²) in [5.41, 5.74) is 0. The molecule has 0 aliphatic heterocycles. The quantitative estimate of drug-likeness (QED) is 0.715. The first-order chi connectivity index (χ1) is 7.33. The van der Waals surface area contributed by atoms with E-state index in [0.29, 0.717) is 6.42 Å². The van der Waals surface area contributed by atoms with Crippen LogP contribution < -0.4 is 5.32 Å². The summed E-state index contributed by atoms with van der Waals surface area (Å²) in [4.78, 5) is 10.9. The summed E-state index contributed by atoms with van der Waals surface area (Å²) in [5.74, 6) is -0.0860. The van der Waals surface area contributed by atoms with Gasteiger partial charge in [-0.1, -0.05) is 19.3 Å². The van der Waals surface area contributed by atoms with Crippen LogP contribution in [0.5, 0.6) is 0 Å². The summed E-state index contributed by atoms with van der Waals surface area (Å²) >= 11 is 0. The first-order valence-electron chi connectivity index (χ1n) is 6.23. The third kappa shape index (κ3) is 5.78. The van der Waals surface area contributed by atoms with Gasteiger partial charge in [-0.2, -0.15) is 0 Å². The highest BCUT2D eigenvalue weighted by Crippen LogP contribution is 2.14. The molecule has 0 atom stereocenters. The van der Waals surface area contributed by atoms with Crippen LogP contribution in [0.1, 0.15) is 51.4 Å². The van der Waals surface area contributed by atoms with Gasteiger partial charge in [0.15, 0.2) is 0 Å². The van der Waals surface area contributed by atoms with Gasteiger partial charge in [-0.25, -0.2) is 0 Å². The smallest absolute Gasteiger partial charge is 0.311 e. The number of hydrogen-bond acceptors (Lipinski definition) is 2. The lowest BCUT2D eigenvalue weighted by atomic mass is 9.97. The van der Waals surface area contributed by atoms with E-state index >= 15 is 0 Å². The molecule has 88 valence electrons. The largest absolute Gasteiger partial charge is 0.469 e. The fourth-order valence-electron chi connectivity index (χ4n) is 2.26. The Morgan fingerprint density at radius 2 is 1.80 bits per heavy atom. The number of carbonyl (C=O) groups is 1. The maximum absolute atomic E-state index is 10.9. The summed E-state index contributed by atoms with van der Waals surface area (Å²) in [6, 6.07) is 0.745. The maximum atomic E-state index is 10.9. The lowest BCUT2D eigenvalue weighted by molar-refractivity contribution is -0.690. The fraction of sp³-hybridized carbons (Fsp3) is 0.917. The van der Waals surface area contributed by atoms with Crippen molar-refractivity contribution in [1.82, 2.24) is 0 Å². The minimum atomic E-state index is -0.0860. The molecular formula is C12H24NO2+. The van der Waals surface area contributed by atoms with Crippen molar-refractivity contribution in [2.45, 2.75) is 57.4 Å². The van der Waals surface area contributed by atoms with Crippen LogP contribution in [-0.4, -0.2) is 25.7 Å². The monoisotopic (exact) mass is 214 g/mol. The van der Waals surface area contributed by atoms with E-state index in [4.69, 9.17) is 0 Å². The van der Waals surface area contributed by atoms with E-state index in [1.807, 2.05) is 0 Å². The van der Waals surface area contributed by atoms with E-state index in [0.717, 1.165) is 12.6 Å². The Bertz CT molecular complexity index is 174. The number of hydrogen-bond donors (Lipinski definition) is 1. The lowest BCUT2D eigenvalue weighted by Crippen LogP contribution is -2.90. The molecule has 0 aromatic heterocycles. The van der Waals surface area contributed by atoms with Crippen molar-refractivity contribution in [3.8, 4) is 0 Å². The van der Waals surface area contributed by atoms with Gasteiger partial charge in [-0.05, 0) is 25.7 Å². The summed E-state index contributed by atoms with van der Waals surface area (Å²) in [7, 11) is 1.46. The zero-order valence-corrected chi connectivity index (χ0v) is 9.84. The van der Waals surface area contributed by atoms with Crippen molar-refractivity contribution in [3.05, 3.63) is 0 Å². The van der Waals surface area contributed by atoms with Gasteiger partial charge >= 0.3 is 5.97 Å². The molecule has 1 rings (SSSR count). The molecule has 1 fully saturated rings. The molecule has 0 bridgehead atoms. The van der Waals surface area contributed by atoms with Crippen molar-refractivity contribution >= 4 is 5.97 Å². The highest BCUT2D eigenvalue weighted by Gasteiger charge is 2.14. The fourth-order valence-corrected chi connectivity index (χ4v) is 2.26. The molecule has 0 unspecified atom stereocenters. The molecule has 0 spiro atoms. The molecule has 2 N–H and O–H groups in total. The molecule has 1 aliphatic rings. The third-order valence-corrected chi connectivity index (χ3v) is 3.23. The average Bonchev–Trinajstić information content (AvgIpc) is 2.20.